The average molecular weight is 227 g/mol. The van der Waals surface area contributed by atoms with E-state index in [9.17, 15) is 4.79 Å². The van der Waals surface area contributed by atoms with E-state index in [2.05, 4.69) is 18.4 Å². The van der Waals surface area contributed by atoms with Crippen molar-refractivity contribution in [3.8, 4) is 0 Å². The smallest absolute Gasteiger partial charge is 0.320 e. The van der Waals surface area contributed by atoms with Gasteiger partial charge in [0.25, 0.3) is 0 Å². The summed E-state index contributed by atoms with van der Waals surface area (Å²) < 4.78 is 0. The zero-order valence-corrected chi connectivity index (χ0v) is 10.2. The fraction of sp³-hybridized carbons (Fsp3) is 0.545. The Morgan fingerprint density at radius 2 is 2.33 bits per heavy atom. The van der Waals surface area contributed by atoms with Gasteiger partial charge in [0.05, 0.1) is 0 Å². The molecule has 1 aromatic heterocycles. The van der Waals surface area contributed by atoms with Gasteiger partial charge in [-0.15, -0.1) is 11.3 Å². The largest absolute Gasteiger partial charge is 0.480 e. The molecule has 1 heterocycles. The molecule has 0 bridgehead atoms. The van der Waals surface area contributed by atoms with Crippen LogP contribution >= 0.6 is 11.3 Å². The molecule has 0 fully saturated rings. The van der Waals surface area contributed by atoms with E-state index in [4.69, 9.17) is 5.11 Å². The van der Waals surface area contributed by atoms with Gasteiger partial charge < -0.3 is 5.11 Å². The molecule has 0 saturated heterocycles. The second kappa shape index (κ2) is 5.28. The summed E-state index contributed by atoms with van der Waals surface area (Å²) in [5.74, 6) is -0.764. The van der Waals surface area contributed by atoms with E-state index in [1.807, 2.05) is 11.9 Å². The number of nitrogens with zero attached hydrogens (tertiary/aromatic N) is 1. The molecule has 0 radical (unpaired) electrons. The van der Waals surface area contributed by atoms with Gasteiger partial charge in [-0.25, -0.2) is 0 Å². The third-order valence-electron chi connectivity index (χ3n) is 2.68. The van der Waals surface area contributed by atoms with Crippen molar-refractivity contribution >= 4 is 17.3 Å². The minimum Gasteiger partial charge on any atom is -0.480 e. The molecule has 0 spiro atoms. The van der Waals surface area contributed by atoms with Crippen LogP contribution in [0.3, 0.4) is 0 Å². The molecule has 15 heavy (non-hydrogen) atoms. The molecule has 84 valence electrons. The van der Waals surface area contributed by atoms with Crippen molar-refractivity contribution in [3.63, 3.8) is 0 Å². The highest BCUT2D eigenvalue weighted by atomic mass is 32.1. The van der Waals surface area contributed by atoms with Crippen molar-refractivity contribution < 1.29 is 9.90 Å². The Bertz CT molecular complexity index is 335. The number of likely N-dealkylation sites (N-methyl/N-ethyl adjacent to an activating group) is 1. The van der Waals surface area contributed by atoms with E-state index < -0.39 is 12.0 Å². The highest BCUT2D eigenvalue weighted by molar-refractivity contribution is 7.10. The van der Waals surface area contributed by atoms with Gasteiger partial charge in [-0.2, -0.15) is 0 Å². The standard InChI is InChI=1S/C11H17NO2S/c1-8-5-7-15-10(8)4-6-12(3)9(2)11(13)14/h5,7,9H,4,6H2,1-3H3,(H,13,14). The Labute approximate surface area is 94.3 Å². The predicted octanol–water partition coefficient (Wildman–Crippen LogP) is 2.00. The van der Waals surface area contributed by atoms with Crippen molar-refractivity contribution in [2.75, 3.05) is 13.6 Å². The molecule has 0 aromatic carbocycles. The second-order valence-corrected chi connectivity index (χ2v) is 4.77. The third kappa shape index (κ3) is 3.32. The van der Waals surface area contributed by atoms with Crippen LogP contribution in [0.15, 0.2) is 11.4 Å². The number of aryl methyl sites for hydroxylation is 1. The maximum Gasteiger partial charge on any atom is 0.320 e. The lowest BCUT2D eigenvalue weighted by atomic mass is 10.2. The first-order valence-corrected chi connectivity index (χ1v) is 5.86. The normalized spacial score (nSPS) is 13.1. The van der Waals surface area contributed by atoms with Gasteiger partial charge in [0.1, 0.15) is 6.04 Å². The van der Waals surface area contributed by atoms with Crippen LogP contribution in [0.5, 0.6) is 0 Å². The zero-order chi connectivity index (χ0) is 11.4. The molecule has 0 amide bonds. The van der Waals surface area contributed by atoms with Crippen LogP contribution in [0.4, 0.5) is 0 Å². The molecule has 1 aromatic rings. The van der Waals surface area contributed by atoms with Gasteiger partial charge in [0.2, 0.25) is 0 Å². The summed E-state index contributed by atoms with van der Waals surface area (Å²) in [6.07, 6.45) is 0.928. The Hall–Kier alpha value is -0.870. The molecule has 1 unspecified atom stereocenters. The van der Waals surface area contributed by atoms with Gasteiger partial charge in [-0.1, -0.05) is 0 Å². The molecular formula is C11H17NO2S. The maximum atomic E-state index is 10.7. The predicted molar refractivity (Wildman–Crippen MR) is 62.5 cm³/mol. The summed E-state index contributed by atoms with van der Waals surface area (Å²) in [5.41, 5.74) is 1.30. The second-order valence-electron chi connectivity index (χ2n) is 3.77. The number of carboxylic acid groups (broad SMARTS) is 1. The molecular weight excluding hydrogens is 210 g/mol. The van der Waals surface area contributed by atoms with Crippen LogP contribution in [-0.2, 0) is 11.2 Å². The van der Waals surface area contributed by atoms with Crippen molar-refractivity contribution in [2.45, 2.75) is 26.3 Å². The van der Waals surface area contributed by atoms with Crippen LogP contribution in [0, 0.1) is 6.92 Å². The Kier molecular flexibility index (Phi) is 4.29. The minimum atomic E-state index is -0.764. The number of carboxylic acids is 1. The SMILES string of the molecule is Cc1ccsc1CCN(C)C(C)C(=O)O. The van der Waals surface area contributed by atoms with Crippen LogP contribution in [0.25, 0.3) is 0 Å². The highest BCUT2D eigenvalue weighted by Gasteiger charge is 2.16. The molecule has 0 aliphatic carbocycles. The van der Waals surface area contributed by atoms with Gasteiger partial charge >= 0.3 is 5.97 Å². The summed E-state index contributed by atoms with van der Waals surface area (Å²) in [4.78, 5) is 13.9. The fourth-order valence-corrected chi connectivity index (χ4v) is 2.22. The number of rotatable bonds is 5. The number of thiophene rings is 1. The zero-order valence-electron chi connectivity index (χ0n) is 9.36. The molecule has 0 aliphatic heterocycles. The summed E-state index contributed by atoms with van der Waals surface area (Å²) in [6.45, 7) is 4.59. The molecule has 3 nitrogen and oxygen atoms in total. The maximum absolute atomic E-state index is 10.7. The van der Waals surface area contributed by atoms with E-state index in [1.54, 1.807) is 18.3 Å². The van der Waals surface area contributed by atoms with Crippen molar-refractivity contribution in [2.24, 2.45) is 0 Å². The number of hydrogen-bond donors (Lipinski definition) is 1. The number of carbonyl (C=O) groups is 1. The van der Waals surface area contributed by atoms with Crippen molar-refractivity contribution in [1.29, 1.82) is 0 Å². The van der Waals surface area contributed by atoms with E-state index in [1.165, 1.54) is 10.4 Å². The topological polar surface area (TPSA) is 40.5 Å². The van der Waals surface area contributed by atoms with Gasteiger partial charge in [0, 0.05) is 11.4 Å². The summed E-state index contributed by atoms with van der Waals surface area (Å²) in [5, 5.41) is 10.9. The van der Waals surface area contributed by atoms with Gasteiger partial charge in [0.15, 0.2) is 0 Å². The summed E-state index contributed by atoms with van der Waals surface area (Å²) in [6, 6.07) is 1.69. The third-order valence-corrected chi connectivity index (χ3v) is 3.76. The first-order chi connectivity index (χ1) is 7.02. The fourth-order valence-electron chi connectivity index (χ4n) is 1.32. The van der Waals surface area contributed by atoms with E-state index in [0.29, 0.717) is 0 Å². The van der Waals surface area contributed by atoms with E-state index in [-0.39, 0.29) is 0 Å². The molecule has 0 aliphatic rings. The quantitative estimate of drug-likeness (QED) is 0.836. The first-order valence-electron chi connectivity index (χ1n) is 4.98. The van der Waals surface area contributed by atoms with Crippen LogP contribution in [0.1, 0.15) is 17.4 Å². The Morgan fingerprint density at radius 1 is 1.67 bits per heavy atom. The lowest BCUT2D eigenvalue weighted by Crippen LogP contribution is -2.37. The van der Waals surface area contributed by atoms with E-state index in [0.717, 1.165) is 13.0 Å². The number of aliphatic carboxylic acids is 1. The van der Waals surface area contributed by atoms with Crippen LogP contribution in [0.2, 0.25) is 0 Å². The van der Waals surface area contributed by atoms with Crippen molar-refractivity contribution in [1.82, 2.24) is 4.90 Å². The Morgan fingerprint density at radius 3 is 2.80 bits per heavy atom. The first kappa shape index (κ1) is 12.2. The lowest BCUT2D eigenvalue weighted by molar-refractivity contribution is -0.142. The molecule has 1 rings (SSSR count). The highest BCUT2D eigenvalue weighted by Crippen LogP contribution is 2.16. The monoisotopic (exact) mass is 227 g/mol. The molecule has 1 N–H and O–H groups in total. The van der Waals surface area contributed by atoms with Crippen LogP contribution < -0.4 is 0 Å². The summed E-state index contributed by atoms with van der Waals surface area (Å²) >= 11 is 1.74. The van der Waals surface area contributed by atoms with Gasteiger partial charge in [-0.3, -0.25) is 9.69 Å². The minimum absolute atomic E-state index is 0.412. The van der Waals surface area contributed by atoms with Gasteiger partial charge in [-0.05, 0) is 44.3 Å². The summed E-state index contributed by atoms with van der Waals surface area (Å²) in [7, 11) is 1.85. The molecule has 1 atom stereocenters. The number of hydrogen-bond acceptors (Lipinski definition) is 3. The van der Waals surface area contributed by atoms with Crippen molar-refractivity contribution in [3.05, 3.63) is 21.9 Å². The Balaban J connectivity index is 2.44. The van der Waals surface area contributed by atoms with Crippen LogP contribution in [-0.4, -0.2) is 35.6 Å². The molecule has 0 saturated carbocycles. The lowest BCUT2D eigenvalue weighted by Gasteiger charge is -2.20. The molecule has 4 heteroatoms. The average Bonchev–Trinajstić information content (AvgIpc) is 2.59. The van der Waals surface area contributed by atoms with E-state index >= 15 is 0 Å².